The van der Waals surface area contributed by atoms with Crippen LogP contribution < -0.4 is 5.32 Å². The Hall–Kier alpha value is -2.89. The van der Waals surface area contributed by atoms with Crippen LogP contribution in [-0.2, 0) is 4.74 Å². The number of aromatic nitrogens is 2. The second-order valence-electron chi connectivity index (χ2n) is 5.10. The molecule has 118 valence electrons. The van der Waals surface area contributed by atoms with Gasteiger partial charge >= 0.3 is 5.97 Å². The molecule has 0 aliphatic heterocycles. The minimum absolute atomic E-state index is 0.291. The molecule has 0 saturated carbocycles. The fourth-order valence-electron chi connectivity index (χ4n) is 2.43. The van der Waals surface area contributed by atoms with Crippen molar-refractivity contribution in [3.63, 3.8) is 0 Å². The van der Waals surface area contributed by atoms with Gasteiger partial charge in [0.25, 0.3) is 0 Å². The first-order chi connectivity index (χ1) is 11.1. The predicted octanol–water partition coefficient (Wildman–Crippen LogP) is 3.76. The summed E-state index contributed by atoms with van der Waals surface area (Å²) in [5.74, 6) is 0.544. The van der Waals surface area contributed by atoms with Crippen LogP contribution in [-0.4, -0.2) is 22.5 Å². The Balaban J connectivity index is 2.14. The largest absolute Gasteiger partial charge is 0.462 e. The van der Waals surface area contributed by atoms with E-state index in [0.29, 0.717) is 34.8 Å². The maximum absolute atomic E-state index is 12.2. The third-order valence-electron chi connectivity index (χ3n) is 3.54. The lowest BCUT2D eigenvalue weighted by Crippen LogP contribution is -2.07. The minimum Gasteiger partial charge on any atom is -0.462 e. The number of furan rings is 1. The van der Waals surface area contributed by atoms with Crippen molar-refractivity contribution in [3.8, 4) is 0 Å². The summed E-state index contributed by atoms with van der Waals surface area (Å²) in [7, 11) is 0. The van der Waals surface area contributed by atoms with Crippen molar-refractivity contribution in [2.45, 2.75) is 20.8 Å². The molecule has 0 spiro atoms. The number of nitrogens with one attached hydrogen (secondary N) is 1. The molecule has 0 aliphatic carbocycles. The van der Waals surface area contributed by atoms with Crippen molar-refractivity contribution in [1.82, 2.24) is 9.97 Å². The topological polar surface area (TPSA) is 77.2 Å². The van der Waals surface area contributed by atoms with Crippen molar-refractivity contribution in [2.24, 2.45) is 0 Å². The molecular weight excluding hydrogens is 294 g/mol. The summed E-state index contributed by atoms with van der Waals surface area (Å²) in [6.07, 6.45) is 1.40. The molecule has 3 aromatic rings. The number of aryl methyl sites for hydroxylation is 2. The highest BCUT2D eigenvalue weighted by Gasteiger charge is 2.23. The molecule has 0 radical (unpaired) electrons. The SMILES string of the molecule is CCOC(=O)c1c(C)oc2ncnc(Nc3ccccc3C)c12. The van der Waals surface area contributed by atoms with Gasteiger partial charge in [0.2, 0.25) is 5.71 Å². The molecule has 2 aromatic heterocycles. The minimum atomic E-state index is -0.439. The number of benzene rings is 1. The van der Waals surface area contributed by atoms with E-state index in [-0.39, 0.29) is 0 Å². The lowest BCUT2D eigenvalue weighted by atomic mass is 10.1. The average Bonchev–Trinajstić information content (AvgIpc) is 2.87. The van der Waals surface area contributed by atoms with Gasteiger partial charge in [-0.05, 0) is 32.4 Å². The smallest absolute Gasteiger partial charge is 0.342 e. The molecule has 0 saturated heterocycles. The van der Waals surface area contributed by atoms with E-state index < -0.39 is 5.97 Å². The van der Waals surface area contributed by atoms with Crippen LogP contribution in [0.2, 0.25) is 0 Å². The number of carbonyl (C=O) groups is 1. The fraction of sp³-hybridized carbons (Fsp3) is 0.235. The van der Waals surface area contributed by atoms with Crippen LogP contribution in [0.3, 0.4) is 0 Å². The Kier molecular flexibility index (Phi) is 3.97. The first-order valence-electron chi connectivity index (χ1n) is 7.35. The lowest BCUT2D eigenvalue weighted by molar-refractivity contribution is 0.0526. The molecule has 2 heterocycles. The third kappa shape index (κ3) is 2.75. The summed E-state index contributed by atoms with van der Waals surface area (Å²) >= 11 is 0. The molecule has 0 atom stereocenters. The highest BCUT2D eigenvalue weighted by Crippen LogP contribution is 2.31. The molecule has 6 heteroatoms. The van der Waals surface area contributed by atoms with Crippen molar-refractivity contribution in [3.05, 3.63) is 47.5 Å². The van der Waals surface area contributed by atoms with E-state index in [1.807, 2.05) is 31.2 Å². The molecule has 0 amide bonds. The van der Waals surface area contributed by atoms with Gasteiger partial charge in [0.1, 0.15) is 23.5 Å². The summed E-state index contributed by atoms with van der Waals surface area (Å²) in [5, 5.41) is 3.78. The highest BCUT2D eigenvalue weighted by atomic mass is 16.5. The first-order valence-corrected chi connectivity index (χ1v) is 7.35. The Labute approximate surface area is 133 Å². The summed E-state index contributed by atoms with van der Waals surface area (Å²) in [6, 6.07) is 7.83. The van der Waals surface area contributed by atoms with Crippen LogP contribution in [0.25, 0.3) is 11.1 Å². The van der Waals surface area contributed by atoms with Crippen LogP contribution in [0.1, 0.15) is 28.6 Å². The van der Waals surface area contributed by atoms with E-state index >= 15 is 0 Å². The monoisotopic (exact) mass is 311 g/mol. The van der Waals surface area contributed by atoms with Gasteiger partial charge in [0, 0.05) is 5.69 Å². The summed E-state index contributed by atoms with van der Waals surface area (Å²) in [5.41, 5.74) is 2.69. The zero-order chi connectivity index (χ0) is 16.4. The van der Waals surface area contributed by atoms with Gasteiger partial charge in [0.05, 0.1) is 12.0 Å². The number of rotatable bonds is 4. The van der Waals surface area contributed by atoms with Gasteiger partial charge < -0.3 is 14.5 Å². The van der Waals surface area contributed by atoms with E-state index in [1.165, 1.54) is 6.33 Å². The maximum atomic E-state index is 12.2. The molecule has 0 fully saturated rings. The molecule has 1 N–H and O–H groups in total. The van der Waals surface area contributed by atoms with Gasteiger partial charge in [-0.25, -0.2) is 14.8 Å². The Morgan fingerprint density at radius 3 is 2.78 bits per heavy atom. The summed E-state index contributed by atoms with van der Waals surface area (Å²) in [6.45, 7) is 5.76. The number of ether oxygens (including phenoxy) is 1. The fourth-order valence-corrected chi connectivity index (χ4v) is 2.43. The van der Waals surface area contributed by atoms with Crippen molar-refractivity contribution >= 4 is 28.6 Å². The molecule has 6 nitrogen and oxygen atoms in total. The number of para-hydroxylation sites is 1. The number of esters is 1. The summed E-state index contributed by atoms with van der Waals surface area (Å²) < 4.78 is 10.7. The van der Waals surface area contributed by atoms with E-state index in [1.54, 1.807) is 13.8 Å². The summed E-state index contributed by atoms with van der Waals surface area (Å²) in [4.78, 5) is 20.6. The second-order valence-corrected chi connectivity index (χ2v) is 5.10. The number of anilines is 2. The average molecular weight is 311 g/mol. The molecule has 3 rings (SSSR count). The quantitative estimate of drug-likeness (QED) is 0.739. The van der Waals surface area contributed by atoms with E-state index in [9.17, 15) is 4.79 Å². The van der Waals surface area contributed by atoms with Crippen LogP contribution >= 0.6 is 0 Å². The zero-order valence-electron chi connectivity index (χ0n) is 13.2. The van der Waals surface area contributed by atoms with E-state index in [0.717, 1.165) is 11.3 Å². The number of nitrogens with zero attached hydrogens (tertiary/aromatic N) is 2. The molecule has 1 aromatic carbocycles. The standard InChI is InChI=1S/C17H17N3O3/c1-4-22-17(21)13-11(3)23-16-14(13)15(18-9-19-16)20-12-8-6-5-7-10(12)2/h5-9H,4H2,1-3H3,(H,18,19,20). The Bertz CT molecular complexity index is 871. The molecular formula is C17H17N3O3. The van der Waals surface area contributed by atoms with Gasteiger partial charge in [-0.3, -0.25) is 0 Å². The number of fused-ring (bicyclic) bond motifs is 1. The first kappa shape index (κ1) is 15.0. The third-order valence-corrected chi connectivity index (χ3v) is 3.54. The van der Waals surface area contributed by atoms with Crippen molar-refractivity contribution in [2.75, 3.05) is 11.9 Å². The van der Waals surface area contributed by atoms with Gasteiger partial charge in [-0.2, -0.15) is 0 Å². The van der Waals surface area contributed by atoms with Crippen LogP contribution in [0.5, 0.6) is 0 Å². The highest BCUT2D eigenvalue weighted by molar-refractivity contribution is 6.08. The molecule has 0 bridgehead atoms. The van der Waals surface area contributed by atoms with Gasteiger partial charge in [0.15, 0.2) is 0 Å². The van der Waals surface area contributed by atoms with Crippen LogP contribution in [0.15, 0.2) is 35.0 Å². The zero-order valence-corrected chi connectivity index (χ0v) is 13.2. The van der Waals surface area contributed by atoms with Crippen LogP contribution in [0.4, 0.5) is 11.5 Å². The van der Waals surface area contributed by atoms with Crippen LogP contribution in [0, 0.1) is 13.8 Å². The second kappa shape index (κ2) is 6.08. The molecule has 0 aliphatic rings. The number of carbonyl (C=O) groups excluding carboxylic acids is 1. The molecule has 23 heavy (non-hydrogen) atoms. The van der Waals surface area contributed by atoms with Crippen molar-refractivity contribution in [1.29, 1.82) is 0 Å². The van der Waals surface area contributed by atoms with E-state index in [4.69, 9.17) is 9.15 Å². The maximum Gasteiger partial charge on any atom is 0.342 e. The van der Waals surface area contributed by atoms with Gasteiger partial charge in [-0.1, -0.05) is 18.2 Å². The normalized spacial score (nSPS) is 10.7. The Morgan fingerprint density at radius 2 is 2.04 bits per heavy atom. The Morgan fingerprint density at radius 1 is 1.26 bits per heavy atom. The predicted molar refractivity (Wildman–Crippen MR) is 87.0 cm³/mol. The van der Waals surface area contributed by atoms with E-state index in [2.05, 4.69) is 15.3 Å². The number of hydrogen-bond donors (Lipinski definition) is 1. The van der Waals surface area contributed by atoms with Crippen molar-refractivity contribution < 1.29 is 13.9 Å². The molecule has 0 unspecified atom stereocenters. The number of hydrogen-bond acceptors (Lipinski definition) is 6. The lowest BCUT2D eigenvalue weighted by Gasteiger charge is -2.09. The van der Waals surface area contributed by atoms with Gasteiger partial charge in [-0.15, -0.1) is 0 Å².